The minimum Gasteiger partial charge on any atom is -0.504 e. The molecular weight excluding hydrogens is 330 g/mol. The van der Waals surface area contributed by atoms with Gasteiger partial charge in [-0.3, -0.25) is 14.8 Å². The van der Waals surface area contributed by atoms with Crippen LogP contribution in [0.5, 0.6) is 11.5 Å². The molecule has 6 nitrogen and oxygen atoms in total. The summed E-state index contributed by atoms with van der Waals surface area (Å²) in [6.07, 6.45) is 4.62. The Bertz CT molecular complexity index is 1140. The number of hydrogen-bond acceptors (Lipinski definition) is 6. The number of benzene rings is 2. The van der Waals surface area contributed by atoms with Crippen LogP contribution in [0.15, 0.2) is 67.1 Å². The van der Waals surface area contributed by atoms with Crippen molar-refractivity contribution < 1.29 is 15.0 Å². The Labute approximate surface area is 148 Å². The Morgan fingerprint density at radius 3 is 2.58 bits per heavy atom. The standard InChI is InChI=1S/C20H13N3O3/c24-18-6-5-13(8-19(18)25)20(26)17-11-21-10-16(23-17)14-7-12-3-1-2-4-15(12)22-9-14/h1-11,24-25H. The van der Waals surface area contributed by atoms with Crippen LogP contribution in [0.1, 0.15) is 16.1 Å². The highest BCUT2D eigenvalue weighted by Gasteiger charge is 2.14. The van der Waals surface area contributed by atoms with Crippen LogP contribution in [0.4, 0.5) is 0 Å². The van der Waals surface area contributed by atoms with Gasteiger partial charge in [-0.15, -0.1) is 0 Å². The molecule has 0 aliphatic carbocycles. The fourth-order valence-corrected chi connectivity index (χ4v) is 2.64. The summed E-state index contributed by atoms with van der Waals surface area (Å²) < 4.78 is 0. The van der Waals surface area contributed by atoms with E-state index in [0.29, 0.717) is 5.69 Å². The number of aromatic nitrogens is 3. The lowest BCUT2D eigenvalue weighted by Crippen LogP contribution is -2.05. The zero-order chi connectivity index (χ0) is 18.1. The van der Waals surface area contributed by atoms with E-state index >= 15 is 0 Å². The number of phenolic OH excluding ortho intramolecular Hbond substituents is 2. The average Bonchev–Trinajstić information content (AvgIpc) is 2.69. The van der Waals surface area contributed by atoms with Crippen LogP contribution in [-0.4, -0.2) is 30.9 Å². The molecule has 2 aromatic carbocycles. The second kappa shape index (κ2) is 6.25. The lowest BCUT2D eigenvalue weighted by molar-refractivity contribution is 0.103. The van der Waals surface area contributed by atoms with Gasteiger partial charge < -0.3 is 10.2 Å². The van der Waals surface area contributed by atoms with Gasteiger partial charge in [0.15, 0.2) is 11.5 Å². The molecule has 0 aliphatic rings. The predicted octanol–water partition coefficient (Wildman–Crippen LogP) is 3.33. The van der Waals surface area contributed by atoms with E-state index < -0.39 is 5.78 Å². The first-order chi connectivity index (χ1) is 12.6. The topological polar surface area (TPSA) is 96.2 Å². The largest absolute Gasteiger partial charge is 0.504 e. The number of rotatable bonds is 3. The predicted molar refractivity (Wildman–Crippen MR) is 96.0 cm³/mol. The Morgan fingerprint density at radius 2 is 1.73 bits per heavy atom. The summed E-state index contributed by atoms with van der Waals surface area (Å²) in [6, 6.07) is 13.5. The molecule has 2 heterocycles. The van der Waals surface area contributed by atoms with E-state index in [2.05, 4.69) is 15.0 Å². The van der Waals surface area contributed by atoms with Gasteiger partial charge in [0, 0.05) is 22.7 Å². The van der Waals surface area contributed by atoms with Gasteiger partial charge in [0.2, 0.25) is 5.78 Å². The Balaban J connectivity index is 1.73. The summed E-state index contributed by atoms with van der Waals surface area (Å²) in [5.74, 6) is -1.05. The lowest BCUT2D eigenvalue weighted by Gasteiger charge is -2.06. The molecule has 126 valence electrons. The molecule has 26 heavy (non-hydrogen) atoms. The molecule has 4 aromatic rings. The van der Waals surface area contributed by atoms with Crippen molar-refractivity contribution in [3.63, 3.8) is 0 Å². The van der Waals surface area contributed by atoms with Crippen molar-refractivity contribution in [1.29, 1.82) is 0 Å². The molecule has 0 saturated carbocycles. The van der Waals surface area contributed by atoms with Crippen LogP contribution < -0.4 is 0 Å². The highest BCUT2D eigenvalue weighted by atomic mass is 16.3. The minimum absolute atomic E-state index is 0.140. The minimum atomic E-state index is -0.400. The third kappa shape index (κ3) is 2.84. The van der Waals surface area contributed by atoms with Crippen LogP contribution in [-0.2, 0) is 0 Å². The summed E-state index contributed by atoms with van der Waals surface area (Å²) in [7, 11) is 0. The molecule has 0 saturated heterocycles. The number of ketones is 1. The number of fused-ring (bicyclic) bond motifs is 1. The Kier molecular flexibility index (Phi) is 3.78. The first-order valence-electron chi connectivity index (χ1n) is 7.86. The molecule has 0 fully saturated rings. The van der Waals surface area contributed by atoms with Gasteiger partial charge >= 0.3 is 0 Å². The van der Waals surface area contributed by atoms with E-state index in [1.807, 2.05) is 30.3 Å². The summed E-state index contributed by atoms with van der Waals surface area (Å²) in [5, 5.41) is 19.9. The van der Waals surface area contributed by atoms with Crippen molar-refractivity contribution in [2.75, 3.05) is 0 Å². The van der Waals surface area contributed by atoms with Crippen LogP contribution in [0.25, 0.3) is 22.2 Å². The number of pyridine rings is 1. The Hall–Kier alpha value is -3.80. The molecule has 4 rings (SSSR count). The summed E-state index contributed by atoms with van der Waals surface area (Å²) in [5.41, 5.74) is 2.50. The quantitative estimate of drug-likeness (QED) is 0.437. The summed E-state index contributed by atoms with van der Waals surface area (Å²) in [6.45, 7) is 0. The maximum atomic E-state index is 12.6. The molecule has 0 radical (unpaired) electrons. The molecule has 2 aromatic heterocycles. The lowest BCUT2D eigenvalue weighted by atomic mass is 10.1. The van der Waals surface area contributed by atoms with Crippen LogP contribution >= 0.6 is 0 Å². The van der Waals surface area contributed by atoms with Crippen LogP contribution in [0.2, 0.25) is 0 Å². The molecular formula is C20H13N3O3. The highest BCUT2D eigenvalue weighted by molar-refractivity contribution is 6.08. The number of phenols is 2. The van der Waals surface area contributed by atoms with Gasteiger partial charge in [0.25, 0.3) is 0 Å². The molecule has 0 unspecified atom stereocenters. The van der Waals surface area contributed by atoms with Gasteiger partial charge in [-0.1, -0.05) is 18.2 Å². The number of nitrogens with zero attached hydrogens (tertiary/aromatic N) is 3. The smallest absolute Gasteiger partial charge is 0.213 e. The fourth-order valence-electron chi connectivity index (χ4n) is 2.64. The maximum Gasteiger partial charge on any atom is 0.213 e. The second-order valence-electron chi connectivity index (χ2n) is 5.74. The van der Waals surface area contributed by atoms with Crippen molar-refractivity contribution in [3.8, 4) is 22.8 Å². The fraction of sp³-hybridized carbons (Fsp3) is 0. The monoisotopic (exact) mass is 343 g/mol. The zero-order valence-electron chi connectivity index (χ0n) is 13.5. The van der Waals surface area contributed by atoms with E-state index in [9.17, 15) is 15.0 Å². The summed E-state index contributed by atoms with van der Waals surface area (Å²) in [4.78, 5) is 25.5. The average molecular weight is 343 g/mol. The highest BCUT2D eigenvalue weighted by Crippen LogP contribution is 2.26. The van der Waals surface area contributed by atoms with E-state index in [1.54, 1.807) is 12.4 Å². The maximum absolute atomic E-state index is 12.6. The Morgan fingerprint density at radius 1 is 0.885 bits per heavy atom. The molecule has 0 bridgehead atoms. The molecule has 2 N–H and O–H groups in total. The number of carbonyl (C=O) groups is 1. The van der Waals surface area contributed by atoms with Crippen molar-refractivity contribution in [1.82, 2.24) is 15.0 Å². The van der Waals surface area contributed by atoms with Crippen LogP contribution in [0, 0.1) is 0 Å². The SMILES string of the molecule is O=C(c1ccc(O)c(O)c1)c1cncc(-c2cnc3ccccc3c2)n1. The van der Waals surface area contributed by atoms with Crippen LogP contribution in [0.3, 0.4) is 0 Å². The molecule has 0 aliphatic heterocycles. The van der Waals surface area contributed by atoms with Gasteiger partial charge in [-0.2, -0.15) is 0 Å². The third-order valence-electron chi connectivity index (χ3n) is 3.99. The second-order valence-corrected chi connectivity index (χ2v) is 5.74. The van der Waals surface area contributed by atoms with E-state index in [4.69, 9.17) is 0 Å². The van der Waals surface area contributed by atoms with Gasteiger partial charge in [-0.25, -0.2) is 4.98 Å². The van der Waals surface area contributed by atoms with Crippen molar-refractivity contribution in [2.45, 2.75) is 0 Å². The van der Waals surface area contributed by atoms with E-state index in [-0.39, 0.29) is 22.8 Å². The molecule has 0 amide bonds. The zero-order valence-corrected chi connectivity index (χ0v) is 13.5. The number of aromatic hydroxyl groups is 2. The van der Waals surface area contributed by atoms with Gasteiger partial charge in [0.1, 0.15) is 5.69 Å². The summed E-state index contributed by atoms with van der Waals surface area (Å²) >= 11 is 0. The first-order valence-corrected chi connectivity index (χ1v) is 7.86. The normalized spacial score (nSPS) is 10.8. The number of hydrogen-bond donors (Lipinski definition) is 2. The first kappa shape index (κ1) is 15.7. The van der Waals surface area contributed by atoms with E-state index in [0.717, 1.165) is 16.5 Å². The van der Waals surface area contributed by atoms with Gasteiger partial charge in [-0.05, 0) is 30.3 Å². The van der Waals surface area contributed by atoms with E-state index in [1.165, 1.54) is 24.4 Å². The van der Waals surface area contributed by atoms with Crippen molar-refractivity contribution in [3.05, 3.63) is 78.4 Å². The molecule has 0 spiro atoms. The third-order valence-corrected chi connectivity index (χ3v) is 3.99. The number of para-hydroxylation sites is 1. The van der Waals surface area contributed by atoms with Gasteiger partial charge in [0.05, 0.1) is 23.6 Å². The van der Waals surface area contributed by atoms with Crippen molar-refractivity contribution in [2.24, 2.45) is 0 Å². The number of carbonyl (C=O) groups excluding carboxylic acids is 1. The molecule has 0 atom stereocenters. The van der Waals surface area contributed by atoms with Crippen molar-refractivity contribution >= 4 is 16.7 Å². The molecule has 6 heteroatoms.